The number of amides is 2. The summed E-state index contributed by atoms with van der Waals surface area (Å²) in [6.07, 6.45) is 3.23. The number of rotatable bonds is 10. The van der Waals surface area contributed by atoms with Crippen molar-refractivity contribution in [3.63, 3.8) is 0 Å². The molecule has 0 radical (unpaired) electrons. The summed E-state index contributed by atoms with van der Waals surface area (Å²) in [5.74, 6) is 1.00. The first-order valence-corrected chi connectivity index (χ1v) is 9.42. The summed E-state index contributed by atoms with van der Waals surface area (Å²) >= 11 is 0. The molecule has 0 atom stereocenters. The van der Waals surface area contributed by atoms with Gasteiger partial charge in [0.1, 0.15) is 18.1 Å². The van der Waals surface area contributed by atoms with E-state index in [1.54, 1.807) is 48.7 Å². The van der Waals surface area contributed by atoms with Gasteiger partial charge < -0.3 is 25.1 Å². The average Bonchev–Trinajstić information content (AvgIpc) is 3.29. The number of nitrogens with one attached hydrogen (secondary N) is 3. The maximum absolute atomic E-state index is 12.2. The predicted molar refractivity (Wildman–Crippen MR) is 116 cm³/mol. The monoisotopic (exact) mass is 405 g/mol. The summed E-state index contributed by atoms with van der Waals surface area (Å²) in [5.41, 5.74) is 1.91. The molecule has 7 heteroatoms. The van der Waals surface area contributed by atoms with Crippen LogP contribution < -0.4 is 20.7 Å². The molecule has 2 amide bonds. The SMILES string of the molecule is C=CCOc1ccc(NCC(=O)Nc2ccc(C(=O)NCc3ccco3)cc2)cc1. The molecule has 0 aliphatic carbocycles. The number of ether oxygens (including phenoxy) is 1. The fourth-order valence-corrected chi connectivity index (χ4v) is 2.60. The first-order valence-electron chi connectivity index (χ1n) is 9.42. The predicted octanol–water partition coefficient (Wildman–Crippen LogP) is 3.83. The molecule has 7 nitrogen and oxygen atoms in total. The van der Waals surface area contributed by atoms with E-state index < -0.39 is 0 Å². The summed E-state index contributed by atoms with van der Waals surface area (Å²) < 4.78 is 10.6. The molecule has 0 spiro atoms. The number of furan rings is 1. The highest BCUT2D eigenvalue weighted by Gasteiger charge is 2.07. The van der Waals surface area contributed by atoms with Crippen molar-refractivity contribution < 1.29 is 18.7 Å². The lowest BCUT2D eigenvalue weighted by molar-refractivity contribution is -0.114. The number of hydrogen-bond donors (Lipinski definition) is 3. The quantitative estimate of drug-likeness (QED) is 0.446. The van der Waals surface area contributed by atoms with Gasteiger partial charge in [0.15, 0.2) is 0 Å². The van der Waals surface area contributed by atoms with Gasteiger partial charge in [-0.15, -0.1) is 0 Å². The molecular formula is C23H23N3O4. The molecule has 3 rings (SSSR count). The smallest absolute Gasteiger partial charge is 0.251 e. The maximum atomic E-state index is 12.2. The molecule has 30 heavy (non-hydrogen) atoms. The average molecular weight is 405 g/mol. The molecule has 0 bridgehead atoms. The van der Waals surface area contributed by atoms with Gasteiger partial charge in [-0.25, -0.2) is 0 Å². The Morgan fingerprint density at radius 2 is 1.73 bits per heavy atom. The second-order valence-electron chi connectivity index (χ2n) is 6.37. The molecule has 0 saturated carbocycles. The normalized spacial score (nSPS) is 10.1. The highest BCUT2D eigenvalue weighted by molar-refractivity contribution is 5.96. The second-order valence-corrected chi connectivity index (χ2v) is 6.37. The van der Waals surface area contributed by atoms with E-state index >= 15 is 0 Å². The van der Waals surface area contributed by atoms with Crippen molar-refractivity contribution in [2.75, 3.05) is 23.8 Å². The van der Waals surface area contributed by atoms with Crippen molar-refractivity contribution in [2.24, 2.45) is 0 Å². The van der Waals surface area contributed by atoms with Crippen molar-refractivity contribution in [1.29, 1.82) is 0 Å². The lowest BCUT2D eigenvalue weighted by atomic mass is 10.2. The van der Waals surface area contributed by atoms with Gasteiger partial charge in [0.05, 0.1) is 19.4 Å². The van der Waals surface area contributed by atoms with E-state index in [1.807, 2.05) is 24.3 Å². The maximum Gasteiger partial charge on any atom is 0.251 e. The van der Waals surface area contributed by atoms with Crippen LogP contribution in [0.2, 0.25) is 0 Å². The number of carbonyl (C=O) groups is 2. The minimum Gasteiger partial charge on any atom is -0.490 e. The Hall–Kier alpha value is -4.00. The van der Waals surface area contributed by atoms with Crippen LogP contribution >= 0.6 is 0 Å². The van der Waals surface area contributed by atoms with E-state index in [9.17, 15) is 9.59 Å². The van der Waals surface area contributed by atoms with Crippen LogP contribution in [0.3, 0.4) is 0 Å². The van der Waals surface area contributed by atoms with Crippen LogP contribution in [0.5, 0.6) is 5.75 Å². The molecular weight excluding hydrogens is 382 g/mol. The van der Waals surface area contributed by atoms with E-state index in [1.165, 1.54) is 0 Å². The van der Waals surface area contributed by atoms with Crippen LogP contribution in [0.25, 0.3) is 0 Å². The van der Waals surface area contributed by atoms with Crippen LogP contribution in [-0.4, -0.2) is 25.0 Å². The third-order valence-electron chi connectivity index (χ3n) is 4.11. The first kappa shape index (κ1) is 20.7. The van der Waals surface area contributed by atoms with Crippen molar-refractivity contribution in [2.45, 2.75) is 6.54 Å². The summed E-state index contributed by atoms with van der Waals surface area (Å²) in [4.78, 5) is 24.3. The minimum absolute atomic E-state index is 0.109. The first-order chi connectivity index (χ1) is 14.6. The largest absolute Gasteiger partial charge is 0.490 e. The van der Waals surface area contributed by atoms with E-state index in [0.717, 1.165) is 11.4 Å². The third kappa shape index (κ3) is 6.27. The molecule has 2 aromatic carbocycles. The van der Waals surface area contributed by atoms with Crippen LogP contribution in [-0.2, 0) is 11.3 Å². The lowest BCUT2D eigenvalue weighted by Crippen LogP contribution is -2.23. The van der Waals surface area contributed by atoms with Crippen molar-refractivity contribution in [3.8, 4) is 5.75 Å². The molecule has 154 valence electrons. The van der Waals surface area contributed by atoms with Gasteiger partial charge >= 0.3 is 0 Å². The zero-order valence-corrected chi connectivity index (χ0v) is 16.4. The molecule has 0 aliphatic rings. The molecule has 1 aromatic heterocycles. The molecule has 0 fully saturated rings. The van der Waals surface area contributed by atoms with Gasteiger partial charge in [0, 0.05) is 16.9 Å². The Morgan fingerprint density at radius 3 is 2.40 bits per heavy atom. The van der Waals surface area contributed by atoms with Gasteiger partial charge in [-0.2, -0.15) is 0 Å². The molecule has 1 heterocycles. The zero-order valence-electron chi connectivity index (χ0n) is 16.4. The van der Waals surface area contributed by atoms with Crippen LogP contribution in [0.4, 0.5) is 11.4 Å². The Bertz CT molecular complexity index is 965. The van der Waals surface area contributed by atoms with Gasteiger partial charge in [-0.1, -0.05) is 12.7 Å². The van der Waals surface area contributed by atoms with Gasteiger partial charge in [0.25, 0.3) is 5.91 Å². The zero-order chi connectivity index (χ0) is 21.2. The van der Waals surface area contributed by atoms with E-state index in [-0.39, 0.29) is 18.4 Å². The van der Waals surface area contributed by atoms with Crippen LogP contribution in [0.1, 0.15) is 16.1 Å². The second kappa shape index (κ2) is 10.5. The molecule has 0 aliphatic heterocycles. The summed E-state index contributed by atoms with van der Waals surface area (Å²) in [6, 6.07) is 17.5. The van der Waals surface area contributed by atoms with E-state index in [2.05, 4.69) is 22.5 Å². The summed E-state index contributed by atoms with van der Waals surface area (Å²) in [7, 11) is 0. The lowest BCUT2D eigenvalue weighted by Gasteiger charge is -2.09. The highest BCUT2D eigenvalue weighted by Crippen LogP contribution is 2.16. The van der Waals surface area contributed by atoms with E-state index in [4.69, 9.17) is 9.15 Å². The molecule has 3 N–H and O–H groups in total. The highest BCUT2D eigenvalue weighted by atomic mass is 16.5. The fraction of sp³-hybridized carbons (Fsp3) is 0.130. The minimum atomic E-state index is -0.216. The standard InChI is InChI=1S/C23H23N3O4/c1-2-13-29-20-11-9-18(10-12-20)24-16-22(27)26-19-7-5-17(6-8-19)23(28)25-15-21-4-3-14-30-21/h2-12,14,24H,1,13,15-16H2,(H,25,28)(H,26,27). The molecule has 0 unspecified atom stereocenters. The van der Waals surface area contributed by atoms with Crippen molar-refractivity contribution in [1.82, 2.24) is 5.32 Å². The number of carbonyl (C=O) groups excluding carboxylic acids is 2. The Labute approximate surface area is 174 Å². The van der Waals surface area contributed by atoms with Crippen LogP contribution in [0.15, 0.2) is 84.0 Å². The summed E-state index contributed by atoms with van der Waals surface area (Å²) in [6.45, 7) is 4.47. The van der Waals surface area contributed by atoms with Gasteiger partial charge in [-0.05, 0) is 60.7 Å². The topological polar surface area (TPSA) is 92.6 Å². The van der Waals surface area contributed by atoms with Crippen molar-refractivity contribution in [3.05, 3.63) is 90.9 Å². The molecule has 0 saturated heterocycles. The Kier molecular flexibility index (Phi) is 7.27. The Balaban J connectivity index is 1.43. The van der Waals surface area contributed by atoms with Crippen molar-refractivity contribution >= 4 is 23.2 Å². The Morgan fingerprint density at radius 1 is 1.00 bits per heavy atom. The number of anilines is 2. The summed E-state index contributed by atoms with van der Waals surface area (Å²) in [5, 5.41) is 8.61. The number of hydrogen-bond acceptors (Lipinski definition) is 5. The third-order valence-corrected chi connectivity index (χ3v) is 4.11. The van der Waals surface area contributed by atoms with E-state index in [0.29, 0.717) is 30.2 Å². The number of benzene rings is 2. The van der Waals surface area contributed by atoms with Crippen LogP contribution in [0, 0.1) is 0 Å². The molecule has 3 aromatic rings. The van der Waals surface area contributed by atoms with Gasteiger partial charge in [-0.3, -0.25) is 9.59 Å². The van der Waals surface area contributed by atoms with Gasteiger partial charge in [0.2, 0.25) is 5.91 Å². The fourth-order valence-electron chi connectivity index (χ4n) is 2.60.